The van der Waals surface area contributed by atoms with E-state index in [-0.39, 0.29) is 36.0 Å². The van der Waals surface area contributed by atoms with Crippen molar-refractivity contribution in [3.05, 3.63) is 70.8 Å². The van der Waals surface area contributed by atoms with Gasteiger partial charge in [0.1, 0.15) is 11.9 Å². The first-order chi connectivity index (χ1) is 23.9. The number of aliphatic carboxylic acids is 1. The molecule has 1 aliphatic heterocycles. The summed E-state index contributed by atoms with van der Waals surface area (Å²) in [5.41, 5.74) is 12.0. The van der Waals surface area contributed by atoms with Gasteiger partial charge in [0.15, 0.2) is 5.96 Å². The van der Waals surface area contributed by atoms with Crippen LogP contribution in [0.3, 0.4) is 0 Å². The van der Waals surface area contributed by atoms with Crippen molar-refractivity contribution in [3.63, 3.8) is 0 Å². The second kappa shape index (κ2) is 17.9. The number of piperidine rings is 1. The van der Waals surface area contributed by atoms with Gasteiger partial charge in [-0.2, -0.15) is 26.3 Å². The minimum atomic E-state index is -5.08. The molecule has 1 unspecified atom stereocenters. The lowest BCUT2D eigenvalue weighted by molar-refractivity contribution is -0.192. The third kappa shape index (κ3) is 12.5. The molecule has 4 rings (SSSR count). The molecular formula is C34H43F6N7O4. The number of guanidine groups is 1. The average Bonchev–Trinajstić information content (AvgIpc) is 3.08. The quantitative estimate of drug-likeness (QED) is 0.104. The predicted molar refractivity (Wildman–Crippen MR) is 177 cm³/mol. The second-order valence-electron chi connectivity index (χ2n) is 12.7. The van der Waals surface area contributed by atoms with Crippen LogP contribution in [-0.4, -0.2) is 71.4 Å². The first-order valence-corrected chi connectivity index (χ1v) is 16.4. The molecule has 1 saturated carbocycles. The van der Waals surface area contributed by atoms with E-state index < -0.39 is 41.8 Å². The molecule has 2 aromatic rings. The number of nitrogens with one attached hydrogen (secondary N) is 4. The number of amides is 2. The molecule has 2 atom stereocenters. The number of carbonyl (C=O) groups excluding carboxylic acids is 2. The summed E-state index contributed by atoms with van der Waals surface area (Å²) in [5, 5.41) is 28.4. The summed E-state index contributed by atoms with van der Waals surface area (Å²) in [6.45, 7) is 1.76. The Kier molecular flexibility index (Phi) is 14.2. The standard InChI is InChI=1S/C32H42F3N7O2.C2HF3O2/c33-32(34,35)25-12-10-22(11-13-25)26(18-20-6-8-24(9-7-20)28(36)37)29(43)41-27(23-4-2-1-3-5-23)30(44)40-19-21-14-16-42(17-15-21)31(38)39;3-2(4,5)1(6)7/h6-13,21,23,26-27H,1-5,14-19H2,(H3,36,37)(H3,38,39)(H,40,44)(H,41,43);(H,6,7)/t26?,27-;/m0./s1. The Morgan fingerprint density at radius 3 is 1.86 bits per heavy atom. The average molecular weight is 728 g/mol. The first-order valence-electron chi connectivity index (χ1n) is 16.4. The summed E-state index contributed by atoms with van der Waals surface area (Å²) in [5.74, 6) is -4.16. The number of hydrogen-bond acceptors (Lipinski definition) is 5. The molecule has 0 spiro atoms. The van der Waals surface area contributed by atoms with Crippen LogP contribution in [0, 0.1) is 22.7 Å². The van der Waals surface area contributed by atoms with Crippen molar-refractivity contribution >= 4 is 29.6 Å². The molecule has 2 aromatic carbocycles. The van der Waals surface area contributed by atoms with E-state index in [9.17, 15) is 35.9 Å². The molecule has 17 heteroatoms. The second-order valence-corrected chi connectivity index (χ2v) is 12.7. The smallest absolute Gasteiger partial charge is 0.475 e. The van der Waals surface area contributed by atoms with Gasteiger partial charge in [0.25, 0.3) is 0 Å². The van der Waals surface area contributed by atoms with Gasteiger partial charge in [-0.3, -0.25) is 20.4 Å². The maximum Gasteiger partial charge on any atom is 0.490 e. The molecule has 0 radical (unpaired) electrons. The monoisotopic (exact) mass is 727 g/mol. The lowest BCUT2D eigenvalue weighted by atomic mass is 9.82. The lowest BCUT2D eigenvalue weighted by Crippen LogP contribution is -2.53. The van der Waals surface area contributed by atoms with E-state index in [0.717, 1.165) is 62.6 Å². The topological polar surface area (TPSA) is 198 Å². The van der Waals surface area contributed by atoms with Gasteiger partial charge >= 0.3 is 18.3 Å². The number of benzene rings is 2. The van der Waals surface area contributed by atoms with Crippen molar-refractivity contribution in [1.82, 2.24) is 15.5 Å². The third-order valence-corrected chi connectivity index (χ3v) is 9.13. The molecule has 1 aliphatic carbocycles. The molecule has 2 fully saturated rings. The molecule has 0 bridgehead atoms. The number of halogens is 6. The fourth-order valence-electron chi connectivity index (χ4n) is 6.17. The number of carboxylic acid groups (broad SMARTS) is 1. The van der Waals surface area contributed by atoms with Gasteiger partial charge in [-0.15, -0.1) is 0 Å². The maximum absolute atomic E-state index is 14.0. The molecule has 51 heavy (non-hydrogen) atoms. The van der Waals surface area contributed by atoms with Crippen LogP contribution in [-0.2, 0) is 27.0 Å². The highest BCUT2D eigenvalue weighted by molar-refractivity contribution is 5.95. The maximum atomic E-state index is 14.0. The van der Waals surface area contributed by atoms with E-state index >= 15 is 0 Å². The highest BCUT2D eigenvalue weighted by atomic mass is 19.4. The van der Waals surface area contributed by atoms with Crippen LogP contribution in [0.5, 0.6) is 0 Å². The van der Waals surface area contributed by atoms with Crippen molar-refractivity contribution in [2.24, 2.45) is 23.3 Å². The van der Waals surface area contributed by atoms with Gasteiger partial charge in [-0.25, -0.2) is 4.79 Å². The van der Waals surface area contributed by atoms with Crippen molar-refractivity contribution in [2.45, 2.75) is 75.7 Å². The molecule has 0 aromatic heterocycles. The Balaban J connectivity index is 0.000000908. The lowest BCUT2D eigenvalue weighted by Gasteiger charge is -2.34. The zero-order valence-electron chi connectivity index (χ0n) is 27.7. The normalized spacial score (nSPS) is 16.9. The number of hydrogen-bond donors (Lipinski definition) is 7. The fraction of sp³-hybridized carbons (Fsp3) is 0.500. The van der Waals surface area contributed by atoms with Crippen molar-refractivity contribution in [1.29, 1.82) is 10.8 Å². The summed E-state index contributed by atoms with van der Waals surface area (Å²) < 4.78 is 71.6. The fourth-order valence-corrected chi connectivity index (χ4v) is 6.17. The van der Waals surface area contributed by atoms with Crippen molar-refractivity contribution in [3.8, 4) is 0 Å². The highest BCUT2D eigenvalue weighted by Crippen LogP contribution is 2.32. The minimum absolute atomic E-state index is 0.0460. The molecule has 1 heterocycles. The summed E-state index contributed by atoms with van der Waals surface area (Å²) in [6.07, 6.45) is -3.25. The number of likely N-dealkylation sites (tertiary alicyclic amines) is 1. The van der Waals surface area contributed by atoms with E-state index in [1.54, 1.807) is 29.2 Å². The van der Waals surface area contributed by atoms with Crippen LogP contribution < -0.4 is 22.1 Å². The van der Waals surface area contributed by atoms with Crippen LogP contribution in [0.25, 0.3) is 0 Å². The summed E-state index contributed by atoms with van der Waals surface area (Å²) in [6, 6.07) is 10.6. The van der Waals surface area contributed by atoms with Crippen LogP contribution in [0.15, 0.2) is 48.5 Å². The van der Waals surface area contributed by atoms with Gasteiger partial charge in [0.2, 0.25) is 11.8 Å². The molecule has 11 nitrogen and oxygen atoms in total. The van der Waals surface area contributed by atoms with E-state index in [0.29, 0.717) is 30.8 Å². The van der Waals surface area contributed by atoms with Gasteiger partial charge in [0.05, 0.1) is 11.5 Å². The van der Waals surface area contributed by atoms with E-state index in [2.05, 4.69) is 10.6 Å². The minimum Gasteiger partial charge on any atom is -0.475 e. The Labute approximate surface area is 291 Å². The molecule has 9 N–H and O–H groups in total. The van der Waals surface area contributed by atoms with Crippen LogP contribution in [0.1, 0.15) is 73.1 Å². The number of carboxylic acids is 1. The number of nitrogens with two attached hydrogens (primary N) is 2. The van der Waals surface area contributed by atoms with Gasteiger partial charge in [0, 0.05) is 25.2 Å². The zero-order chi connectivity index (χ0) is 37.9. The summed E-state index contributed by atoms with van der Waals surface area (Å²) in [4.78, 5) is 38.3. The van der Waals surface area contributed by atoms with Crippen LogP contribution in [0.2, 0.25) is 0 Å². The van der Waals surface area contributed by atoms with Crippen molar-refractivity contribution in [2.75, 3.05) is 19.6 Å². The summed E-state index contributed by atoms with van der Waals surface area (Å²) in [7, 11) is 0. The Morgan fingerprint density at radius 1 is 0.843 bits per heavy atom. The number of carbonyl (C=O) groups is 3. The van der Waals surface area contributed by atoms with Gasteiger partial charge < -0.3 is 32.1 Å². The molecule has 2 aliphatic rings. The van der Waals surface area contributed by atoms with E-state index in [1.165, 1.54) is 12.1 Å². The number of nitrogen functional groups attached to an aromatic ring is 1. The predicted octanol–water partition coefficient (Wildman–Crippen LogP) is 4.74. The third-order valence-electron chi connectivity index (χ3n) is 9.13. The van der Waals surface area contributed by atoms with Gasteiger partial charge in [-0.05, 0) is 67.2 Å². The number of rotatable bonds is 10. The molecule has 280 valence electrons. The van der Waals surface area contributed by atoms with Crippen molar-refractivity contribution < 1.29 is 45.8 Å². The summed E-state index contributed by atoms with van der Waals surface area (Å²) >= 11 is 0. The number of amidine groups is 1. The molecular weight excluding hydrogens is 684 g/mol. The SMILES string of the molecule is N=C(N)c1ccc(CC(C(=O)N[C@H](C(=O)NCC2CCN(C(=N)N)CC2)C2CCCCC2)c2ccc(C(F)(F)F)cc2)cc1.O=C(O)C(F)(F)F. The van der Waals surface area contributed by atoms with E-state index in [1.807, 2.05) is 0 Å². The first kappa shape index (κ1) is 40.6. The van der Waals surface area contributed by atoms with Gasteiger partial charge in [-0.1, -0.05) is 55.7 Å². The van der Waals surface area contributed by atoms with Crippen LogP contribution in [0.4, 0.5) is 26.3 Å². The largest absolute Gasteiger partial charge is 0.490 e. The molecule has 1 saturated heterocycles. The molecule has 2 amide bonds. The van der Waals surface area contributed by atoms with Crippen LogP contribution >= 0.6 is 0 Å². The number of nitrogens with zero attached hydrogens (tertiary/aromatic N) is 1. The Morgan fingerprint density at radius 2 is 1.39 bits per heavy atom. The Hall–Kier alpha value is -4.83. The van der Waals surface area contributed by atoms with E-state index in [4.69, 9.17) is 32.2 Å². The number of alkyl halides is 6. The highest BCUT2D eigenvalue weighted by Gasteiger charge is 2.38. The Bertz CT molecular complexity index is 1500. The zero-order valence-corrected chi connectivity index (χ0v) is 27.7.